The zero-order chi connectivity index (χ0) is 12.5. The first-order valence-corrected chi connectivity index (χ1v) is 6.61. The minimum Gasteiger partial charge on any atom is -0.507 e. The van der Waals surface area contributed by atoms with Crippen molar-refractivity contribution in [3.63, 3.8) is 0 Å². The molecule has 0 aliphatic heterocycles. The van der Waals surface area contributed by atoms with E-state index in [2.05, 4.69) is 18.8 Å². The minimum atomic E-state index is 0.216. The second-order valence-electron chi connectivity index (χ2n) is 3.80. The Morgan fingerprint density at radius 1 is 1.17 bits per heavy atom. The maximum absolute atomic E-state index is 9.92. The van der Waals surface area contributed by atoms with Crippen molar-refractivity contribution in [2.45, 2.75) is 0 Å². The molecule has 0 amide bonds. The first-order chi connectivity index (χ1) is 8.78. The van der Waals surface area contributed by atoms with Crippen molar-refractivity contribution in [2.24, 2.45) is 4.74 Å². The van der Waals surface area contributed by atoms with E-state index in [4.69, 9.17) is 0 Å². The number of benzene rings is 2. The van der Waals surface area contributed by atoms with Crippen LogP contribution in [0, 0.1) is 0 Å². The summed E-state index contributed by atoms with van der Waals surface area (Å²) >= 11 is 1.56. The molecule has 0 aliphatic carbocycles. The topological polar surface area (TPSA) is 45.5 Å². The number of phenolic OH excluding ortho intramolecular Hbond substituents is 1. The molecular formula is C13H9N2OPS. The Morgan fingerprint density at radius 3 is 2.78 bits per heavy atom. The van der Waals surface area contributed by atoms with Crippen LogP contribution in [0.3, 0.4) is 0 Å². The van der Waals surface area contributed by atoms with Crippen molar-refractivity contribution in [1.29, 1.82) is 0 Å². The zero-order valence-corrected chi connectivity index (χ0v) is 11.1. The van der Waals surface area contributed by atoms with Gasteiger partial charge in [-0.1, -0.05) is 12.1 Å². The lowest BCUT2D eigenvalue weighted by Crippen LogP contribution is -1.77. The second-order valence-corrected chi connectivity index (χ2v) is 5.05. The molecule has 0 radical (unpaired) electrons. The number of rotatable bonds is 2. The normalized spacial score (nSPS) is 10.7. The lowest BCUT2D eigenvalue weighted by molar-refractivity contribution is 0.477. The summed E-state index contributed by atoms with van der Waals surface area (Å²) in [6, 6.07) is 13.1. The van der Waals surface area contributed by atoms with Gasteiger partial charge in [-0.15, -0.1) is 11.3 Å². The van der Waals surface area contributed by atoms with Gasteiger partial charge < -0.3 is 5.11 Å². The Kier molecular flexibility index (Phi) is 2.82. The van der Waals surface area contributed by atoms with E-state index in [0.29, 0.717) is 5.56 Å². The largest absolute Gasteiger partial charge is 0.507 e. The van der Waals surface area contributed by atoms with E-state index in [9.17, 15) is 5.11 Å². The number of aromatic nitrogens is 1. The predicted octanol–water partition coefficient (Wildman–Crippen LogP) is 4.63. The van der Waals surface area contributed by atoms with Crippen LogP contribution >= 0.6 is 20.4 Å². The summed E-state index contributed by atoms with van der Waals surface area (Å²) in [4.78, 5) is 4.52. The monoisotopic (exact) mass is 272 g/mol. The van der Waals surface area contributed by atoms with Crippen LogP contribution in [0.5, 0.6) is 5.75 Å². The number of nitrogens with zero attached hydrogens (tertiary/aromatic N) is 2. The fourth-order valence-corrected chi connectivity index (χ4v) is 2.88. The molecule has 2 aromatic carbocycles. The summed E-state index contributed by atoms with van der Waals surface area (Å²) in [7, 11) is 3.10. The molecule has 1 heterocycles. The molecule has 3 aromatic rings. The predicted molar refractivity (Wildman–Crippen MR) is 77.1 cm³/mol. The smallest absolute Gasteiger partial charge is 0.128 e. The maximum Gasteiger partial charge on any atom is 0.128 e. The third-order valence-corrected chi connectivity index (χ3v) is 3.96. The molecule has 0 spiro atoms. The van der Waals surface area contributed by atoms with Gasteiger partial charge >= 0.3 is 0 Å². The molecule has 1 N–H and O–H groups in total. The molecule has 5 heteroatoms. The van der Waals surface area contributed by atoms with Crippen LogP contribution in [0.1, 0.15) is 0 Å². The number of thiazole rings is 1. The molecule has 0 atom stereocenters. The van der Waals surface area contributed by atoms with Gasteiger partial charge in [0.2, 0.25) is 0 Å². The first-order valence-electron chi connectivity index (χ1n) is 5.34. The molecule has 0 aliphatic rings. The molecular weight excluding hydrogens is 263 g/mol. The lowest BCUT2D eigenvalue weighted by Gasteiger charge is -2.01. The van der Waals surface area contributed by atoms with E-state index in [-0.39, 0.29) is 5.75 Å². The van der Waals surface area contributed by atoms with E-state index in [0.717, 1.165) is 20.9 Å². The van der Waals surface area contributed by atoms with E-state index in [1.165, 1.54) is 0 Å². The van der Waals surface area contributed by atoms with Crippen molar-refractivity contribution in [2.75, 3.05) is 0 Å². The Balaban J connectivity index is 2.21. The number of aromatic hydroxyl groups is 1. The Labute approximate surface area is 110 Å². The highest BCUT2D eigenvalue weighted by atomic mass is 32.1. The third-order valence-electron chi connectivity index (χ3n) is 2.63. The number of para-hydroxylation sites is 1. The second kappa shape index (κ2) is 4.48. The van der Waals surface area contributed by atoms with Gasteiger partial charge in [-0.25, -0.2) is 9.73 Å². The summed E-state index contributed by atoms with van der Waals surface area (Å²) in [6.07, 6.45) is 0. The summed E-state index contributed by atoms with van der Waals surface area (Å²) < 4.78 is 5.03. The van der Waals surface area contributed by atoms with Crippen LogP contribution in [0.2, 0.25) is 0 Å². The molecule has 0 saturated heterocycles. The van der Waals surface area contributed by atoms with Gasteiger partial charge in [-0.3, -0.25) is 0 Å². The fourth-order valence-electron chi connectivity index (χ4n) is 1.75. The highest BCUT2D eigenvalue weighted by Crippen LogP contribution is 2.37. The standard InChI is InChI=1S/C13H9N2OPS/c16-11-6-5-8(15-17)7-9(11)13-14-10-3-1-2-4-12(10)18-13/h1-7,16-17H. The number of phenols is 1. The van der Waals surface area contributed by atoms with Gasteiger partial charge in [0.1, 0.15) is 10.8 Å². The summed E-state index contributed by atoms with van der Waals surface area (Å²) in [5.74, 6) is 0.216. The van der Waals surface area contributed by atoms with Gasteiger partial charge in [0.25, 0.3) is 0 Å². The molecule has 3 rings (SSSR count). The van der Waals surface area contributed by atoms with Crippen LogP contribution < -0.4 is 0 Å². The third kappa shape index (κ3) is 1.90. The summed E-state index contributed by atoms with van der Waals surface area (Å²) in [5, 5.41) is 10.7. The average molecular weight is 272 g/mol. The lowest BCUT2D eigenvalue weighted by atomic mass is 10.2. The molecule has 88 valence electrons. The van der Waals surface area contributed by atoms with Gasteiger partial charge in [0.15, 0.2) is 0 Å². The van der Waals surface area contributed by atoms with E-state index in [1.807, 2.05) is 24.3 Å². The minimum absolute atomic E-state index is 0.216. The maximum atomic E-state index is 9.92. The van der Waals surface area contributed by atoms with Crippen molar-refractivity contribution >= 4 is 36.3 Å². The Bertz CT molecular complexity index is 706. The zero-order valence-electron chi connectivity index (χ0n) is 9.29. The molecule has 0 unspecified atom stereocenters. The fraction of sp³-hybridized carbons (Fsp3) is 0. The van der Waals surface area contributed by atoms with Gasteiger partial charge in [-0.05, 0) is 39.4 Å². The Morgan fingerprint density at radius 2 is 2.00 bits per heavy atom. The van der Waals surface area contributed by atoms with Crippen LogP contribution in [0.4, 0.5) is 5.69 Å². The Hall–Kier alpha value is -1.77. The van der Waals surface area contributed by atoms with Crippen LogP contribution in [-0.2, 0) is 0 Å². The van der Waals surface area contributed by atoms with Gasteiger partial charge in [-0.2, -0.15) is 0 Å². The summed E-state index contributed by atoms with van der Waals surface area (Å²) in [6.45, 7) is 0. The van der Waals surface area contributed by atoms with E-state index < -0.39 is 0 Å². The molecule has 3 nitrogen and oxygen atoms in total. The first kappa shape index (κ1) is 11.3. The quantitative estimate of drug-likeness (QED) is 0.691. The number of hydrogen-bond donors (Lipinski definition) is 1. The molecule has 1 aromatic heterocycles. The van der Waals surface area contributed by atoms with Crippen LogP contribution in [0.25, 0.3) is 20.8 Å². The SMILES string of the molecule is Oc1ccc(N=P)cc1-c1nc2ccccc2s1. The molecule has 18 heavy (non-hydrogen) atoms. The van der Waals surface area contributed by atoms with Gasteiger partial charge in [0.05, 0.1) is 21.5 Å². The van der Waals surface area contributed by atoms with Crippen LogP contribution in [0.15, 0.2) is 47.2 Å². The van der Waals surface area contributed by atoms with Crippen molar-refractivity contribution in [3.05, 3.63) is 42.5 Å². The van der Waals surface area contributed by atoms with Crippen molar-refractivity contribution in [1.82, 2.24) is 4.98 Å². The van der Waals surface area contributed by atoms with E-state index in [1.54, 1.807) is 29.5 Å². The van der Waals surface area contributed by atoms with Gasteiger partial charge in [0, 0.05) is 0 Å². The van der Waals surface area contributed by atoms with Crippen molar-refractivity contribution < 1.29 is 5.11 Å². The highest BCUT2D eigenvalue weighted by molar-refractivity contribution is 7.21. The average Bonchev–Trinajstić information content (AvgIpc) is 2.82. The van der Waals surface area contributed by atoms with Crippen LogP contribution in [-0.4, -0.2) is 10.1 Å². The highest BCUT2D eigenvalue weighted by Gasteiger charge is 2.10. The van der Waals surface area contributed by atoms with E-state index >= 15 is 0 Å². The summed E-state index contributed by atoms with van der Waals surface area (Å²) in [5.41, 5.74) is 2.40. The molecule has 0 fully saturated rings. The number of hydrogen-bond acceptors (Lipinski definition) is 4. The van der Waals surface area contributed by atoms with Crippen molar-refractivity contribution in [3.8, 4) is 16.3 Å². The molecule has 0 saturated carbocycles. The number of fused-ring (bicyclic) bond motifs is 1. The molecule has 0 bridgehead atoms.